The monoisotopic (exact) mass is 346 g/mol. The maximum Gasteiger partial charge on any atom is 0.214 e. The predicted molar refractivity (Wildman–Crippen MR) is 91.6 cm³/mol. The summed E-state index contributed by atoms with van der Waals surface area (Å²) in [6, 6.07) is 15.4. The third kappa shape index (κ3) is 4.24. The van der Waals surface area contributed by atoms with Crippen molar-refractivity contribution in [3.05, 3.63) is 59.1 Å². The second-order valence-electron chi connectivity index (χ2n) is 4.86. The van der Waals surface area contributed by atoms with Crippen molar-refractivity contribution in [1.29, 1.82) is 0 Å². The lowest BCUT2D eigenvalue weighted by atomic mass is 10.2. The Hall–Kier alpha value is -2.05. The number of nitrogens with zero attached hydrogens (tertiary/aromatic N) is 4. The van der Waals surface area contributed by atoms with Crippen LogP contribution in [0.3, 0.4) is 0 Å². The van der Waals surface area contributed by atoms with Crippen molar-refractivity contribution < 1.29 is 4.74 Å². The van der Waals surface area contributed by atoms with Gasteiger partial charge in [0.05, 0.1) is 12.3 Å². The lowest BCUT2D eigenvalue weighted by molar-refractivity contribution is 0.344. The van der Waals surface area contributed by atoms with Crippen molar-refractivity contribution in [3.8, 4) is 11.4 Å². The summed E-state index contributed by atoms with van der Waals surface area (Å²) in [7, 11) is 0. The topological polar surface area (TPSA) is 52.8 Å². The summed E-state index contributed by atoms with van der Waals surface area (Å²) in [6.07, 6.45) is 0. The molecule has 0 saturated carbocycles. The molecule has 2 aromatic carbocycles. The van der Waals surface area contributed by atoms with E-state index in [1.807, 2.05) is 49.4 Å². The van der Waals surface area contributed by atoms with Gasteiger partial charge < -0.3 is 4.74 Å². The number of halogens is 1. The largest absolute Gasteiger partial charge is 0.493 e. The highest BCUT2D eigenvalue weighted by Crippen LogP contribution is 2.20. The summed E-state index contributed by atoms with van der Waals surface area (Å²) in [5, 5.41) is 13.3. The van der Waals surface area contributed by atoms with Gasteiger partial charge in [-0.15, -0.1) is 5.10 Å². The standard InChI is InChI=1S/C16H15ClN4OS/c1-12-5-7-14(8-6-12)21-16(18-19-20-21)23-10-9-22-15-4-2-3-13(17)11-15/h2-8,11H,9-10H2,1H3. The number of aromatic nitrogens is 4. The van der Waals surface area contributed by atoms with Crippen LogP contribution in [0.5, 0.6) is 5.75 Å². The zero-order chi connectivity index (χ0) is 16.1. The predicted octanol–water partition coefficient (Wildman–Crippen LogP) is 3.80. The zero-order valence-electron chi connectivity index (χ0n) is 12.5. The molecular formula is C16H15ClN4OS. The second-order valence-corrected chi connectivity index (χ2v) is 6.36. The Kier molecular flexibility index (Phi) is 5.15. The summed E-state index contributed by atoms with van der Waals surface area (Å²) < 4.78 is 7.39. The van der Waals surface area contributed by atoms with Gasteiger partial charge in [0, 0.05) is 10.8 Å². The van der Waals surface area contributed by atoms with E-state index in [1.165, 1.54) is 5.56 Å². The quantitative estimate of drug-likeness (QED) is 0.502. The first-order valence-electron chi connectivity index (χ1n) is 7.09. The van der Waals surface area contributed by atoms with E-state index >= 15 is 0 Å². The number of rotatable bonds is 6. The van der Waals surface area contributed by atoms with E-state index in [1.54, 1.807) is 22.5 Å². The smallest absolute Gasteiger partial charge is 0.214 e. The summed E-state index contributed by atoms with van der Waals surface area (Å²) >= 11 is 7.47. The molecule has 118 valence electrons. The van der Waals surface area contributed by atoms with Crippen LogP contribution in [0.2, 0.25) is 5.02 Å². The van der Waals surface area contributed by atoms with Gasteiger partial charge >= 0.3 is 0 Å². The highest BCUT2D eigenvalue weighted by Gasteiger charge is 2.08. The molecule has 3 rings (SSSR count). The number of benzene rings is 2. The Balaban J connectivity index is 1.57. The molecule has 0 amide bonds. The van der Waals surface area contributed by atoms with E-state index in [2.05, 4.69) is 15.5 Å². The fraction of sp³-hybridized carbons (Fsp3) is 0.188. The van der Waals surface area contributed by atoms with Gasteiger partial charge in [-0.2, -0.15) is 4.68 Å². The van der Waals surface area contributed by atoms with E-state index < -0.39 is 0 Å². The van der Waals surface area contributed by atoms with Crippen LogP contribution >= 0.6 is 23.4 Å². The molecule has 5 nitrogen and oxygen atoms in total. The molecule has 0 spiro atoms. The van der Waals surface area contributed by atoms with Gasteiger partial charge in [0.25, 0.3) is 0 Å². The van der Waals surface area contributed by atoms with E-state index in [4.69, 9.17) is 16.3 Å². The summed E-state index contributed by atoms with van der Waals surface area (Å²) in [4.78, 5) is 0. The van der Waals surface area contributed by atoms with Gasteiger partial charge in [-0.25, -0.2) is 0 Å². The molecule has 0 aliphatic rings. The number of ether oxygens (including phenoxy) is 1. The Bertz CT molecular complexity index is 776. The summed E-state index contributed by atoms with van der Waals surface area (Å²) in [6.45, 7) is 2.60. The van der Waals surface area contributed by atoms with E-state index in [0.29, 0.717) is 11.6 Å². The molecule has 1 heterocycles. The fourth-order valence-electron chi connectivity index (χ4n) is 1.97. The van der Waals surface area contributed by atoms with Crippen molar-refractivity contribution in [2.45, 2.75) is 12.1 Å². The van der Waals surface area contributed by atoms with Crippen molar-refractivity contribution >= 4 is 23.4 Å². The minimum atomic E-state index is 0.547. The lowest BCUT2D eigenvalue weighted by Crippen LogP contribution is -2.03. The van der Waals surface area contributed by atoms with Crippen LogP contribution in [0.25, 0.3) is 5.69 Å². The van der Waals surface area contributed by atoms with Gasteiger partial charge in [-0.1, -0.05) is 47.1 Å². The molecule has 3 aromatic rings. The summed E-state index contributed by atoms with van der Waals surface area (Å²) in [5.74, 6) is 1.50. The number of tetrazole rings is 1. The molecule has 0 aliphatic carbocycles. The van der Waals surface area contributed by atoms with E-state index in [9.17, 15) is 0 Å². The van der Waals surface area contributed by atoms with Crippen molar-refractivity contribution in [3.63, 3.8) is 0 Å². The molecule has 0 bridgehead atoms. The molecule has 23 heavy (non-hydrogen) atoms. The number of aryl methyl sites for hydroxylation is 1. The molecule has 0 saturated heterocycles. The third-order valence-electron chi connectivity index (χ3n) is 3.10. The first kappa shape index (κ1) is 15.8. The van der Waals surface area contributed by atoms with Crippen LogP contribution in [0.15, 0.2) is 53.7 Å². The van der Waals surface area contributed by atoms with Gasteiger partial charge in [-0.3, -0.25) is 0 Å². The van der Waals surface area contributed by atoms with Crippen LogP contribution in [0.1, 0.15) is 5.56 Å². The number of hydrogen-bond acceptors (Lipinski definition) is 5. The Labute approximate surface area is 143 Å². The van der Waals surface area contributed by atoms with Crippen molar-refractivity contribution in [2.75, 3.05) is 12.4 Å². The third-order valence-corrected chi connectivity index (χ3v) is 4.22. The van der Waals surface area contributed by atoms with Gasteiger partial charge in [-0.05, 0) is 47.7 Å². The number of hydrogen-bond donors (Lipinski definition) is 0. The average molecular weight is 347 g/mol. The minimum absolute atomic E-state index is 0.547. The molecular weight excluding hydrogens is 332 g/mol. The SMILES string of the molecule is Cc1ccc(-n2nnnc2SCCOc2cccc(Cl)c2)cc1. The Morgan fingerprint density at radius 2 is 2.00 bits per heavy atom. The second kappa shape index (κ2) is 7.48. The first-order valence-corrected chi connectivity index (χ1v) is 8.45. The average Bonchev–Trinajstić information content (AvgIpc) is 3.01. The van der Waals surface area contributed by atoms with Gasteiger partial charge in [0.15, 0.2) is 0 Å². The normalized spacial score (nSPS) is 10.7. The van der Waals surface area contributed by atoms with Crippen LogP contribution < -0.4 is 4.74 Å². The molecule has 0 N–H and O–H groups in total. The highest BCUT2D eigenvalue weighted by atomic mass is 35.5. The first-order chi connectivity index (χ1) is 11.2. The molecule has 0 unspecified atom stereocenters. The minimum Gasteiger partial charge on any atom is -0.493 e. The Morgan fingerprint density at radius 3 is 2.78 bits per heavy atom. The van der Waals surface area contributed by atoms with Crippen LogP contribution in [0.4, 0.5) is 0 Å². The molecule has 7 heteroatoms. The fourth-order valence-corrected chi connectivity index (χ4v) is 2.85. The van der Waals surface area contributed by atoms with Gasteiger partial charge in [0.2, 0.25) is 5.16 Å². The van der Waals surface area contributed by atoms with Crippen molar-refractivity contribution in [2.24, 2.45) is 0 Å². The molecule has 0 fully saturated rings. The van der Waals surface area contributed by atoms with Crippen LogP contribution in [-0.2, 0) is 0 Å². The van der Waals surface area contributed by atoms with Gasteiger partial charge in [0.1, 0.15) is 5.75 Å². The summed E-state index contributed by atoms with van der Waals surface area (Å²) in [5.41, 5.74) is 2.14. The maximum absolute atomic E-state index is 5.92. The van der Waals surface area contributed by atoms with E-state index in [-0.39, 0.29) is 0 Å². The lowest BCUT2D eigenvalue weighted by Gasteiger charge is -2.07. The van der Waals surface area contributed by atoms with Crippen molar-refractivity contribution in [1.82, 2.24) is 20.2 Å². The molecule has 1 aromatic heterocycles. The molecule has 0 atom stereocenters. The van der Waals surface area contributed by atoms with Crippen LogP contribution in [-0.4, -0.2) is 32.6 Å². The molecule has 0 radical (unpaired) electrons. The highest BCUT2D eigenvalue weighted by molar-refractivity contribution is 7.99. The zero-order valence-corrected chi connectivity index (χ0v) is 14.1. The van der Waals surface area contributed by atoms with E-state index in [0.717, 1.165) is 22.3 Å². The molecule has 0 aliphatic heterocycles. The number of thioether (sulfide) groups is 1. The Morgan fingerprint density at radius 1 is 1.17 bits per heavy atom. The van der Waals surface area contributed by atoms with Crippen LogP contribution in [0, 0.1) is 6.92 Å². The maximum atomic E-state index is 5.92.